The molecule has 0 bridgehead atoms. The molecule has 0 aliphatic carbocycles. The number of hydrogen-bond acceptors (Lipinski definition) is 6. The Hall–Kier alpha value is -3.26. The number of carbonyl (C=O) groups is 1. The SMILES string of the molecule is COc1cc(CNC(=O)Cn2cnc3ccc(Cl)cc3c2=O)cc(OC)c1OC. The third kappa shape index (κ3) is 4.43. The minimum atomic E-state index is -0.343. The zero-order valence-corrected chi connectivity index (χ0v) is 16.9. The van der Waals surface area contributed by atoms with Gasteiger partial charge < -0.3 is 19.5 Å². The standard InChI is InChI=1S/C20H20ClN3O5/c1-27-16-6-12(7-17(28-2)19(16)29-3)9-22-18(25)10-24-11-23-15-5-4-13(21)8-14(15)20(24)26/h4-8,11H,9-10H2,1-3H3,(H,22,25). The Kier molecular flexibility index (Phi) is 6.23. The average Bonchev–Trinajstić information content (AvgIpc) is 2.73. The average molecular weight is 418 g/mol. The van der Waals surface area contributed by atoms with E-state index in [4.69, 9.17) is 25.8 Å². The van der Waals surface area contributed by atoms with Crippen LogP contribution in [0.25, 0.3) is 10.9 Å². The van der Waals surface area contributed by atoms with Crippen LogP contribution in [0.4, 0.5) is 0 Å². The molecule has 1 heterocycles. The Balaban J connectivity index is 1.74. The molecule has 8 nitrogen and oxygen atoms in total. The third-order valence-corrected chi connectivity index (χ3v) is 4.55. The van der Waals surface area contributed by atoms with Gasteiger partial charge in [0.05, 0.1) is 38.6 Å². The number of amides is 1. The van der Waals surface area contributed by atoms with E-state index in [9.17, 15) is 9.59 Å². The fraction of sp³-hybridized carbons (Fsp3) is 0.250. The van der Waals surface area contributed by atoms with E-state index in [1.165, 1.54) is 38.3 Å². The Morgan fingerprint density at radius 1 is 1.10 bits per heavy atom. The molecule has 1 aromatic heterocycles. The molecule has 0 fully saturated rings. The summed E-state index contributed by atoms with van der Waals surface area (Å²) in [5.74, 6) is 1.10. The summed E-state index contributed by atoms with van der Waals surface area (Å²) in [6.07, 6.45) is 1.34. The van der Waals surface area contributed by atoms with Crippen LogP contribution in [0.5, 0.6) is 17.2 Å². The molecule has 0 saturated carbocycles. The van der Waals surface area contributed by atoms with Crippen LogP contribution in [0.3, 0.4) is 0 Å². The van der Waals surface area contributed by atoms with Gasteiger partial charge in [0.15, 0.2) is 11.5 Å². The van der Waals surface area contributed by atoms with E-state index in [2.05, 4.69) is 10.3 Å². The van der Waals surface area contributed by atoms with Gasteiger partial charge in [0, 0.05) is 11.6 Å². The van der Waals surface area contributed by atoms with Gasteiger partial charge in [0.2, 0.25) is 11.7 Å². The van der Waals surface area contributed by atoms with Crippen molar-refractivity contribution in [3.8, 4) is 17.2 Å². The number of aromatic nitrogens is 2. The maximum absolute atomic E-state index is 12.6. The lowest BCUT2D eigenvalue weighted by atomic mass is 10.1. The molecule has 1 N–H and O–H groups in total. The molecular weight excluding hydrogens is 398 g/mol. The molecule has 3 aromatic rings. The largest absolute Gasteiger partial charge is 0.493 e. The highest BCUT2D eigenvalue weighted by atomic mass is 35.5. The van der Waals surface area contributed by atoms with Crippen molar-refractivity contribution in [2.75, 3.05) is 21.3 Å². The number of rotatable bonds is 7. The summed E-state index contributed by atoms with van der Waals surface area (Å²) in [5.41, 5.74) is 0.942. The van der Waals surface area contributed by atoms with Crippen molar-refractivity contribution >= 4 is 28.4 Å². The van der Waals surface area contributed by atoms with Crippen molar-refractivity contribution in [1.82, 2.24) is 14.9 Å². The third-order valence-electron chi connectivity index (χ3n) is 4.31. The number of benzene rings is 2. The van der Waals surface area contributed by atoms with Gasteiger partial charge in [0.1, 0.15) is 6.54 Å². The number of hydrogen-bond donors (Lipinski definition) is 1. The number of ether oxygens (including phenoxy) is 3. The van der Waals surface area contributed by atoms with Crippen LogP contribution in [0.2, 0.25) is 5.02 Å². The first-order valence-corrected chi connectivity index (χ1v) is 9.05. The molecule has 0 aliphatic rings. The monoisotopic (exact) mass is 417 g/mol. The molecule has 0 radical (unpaired) electrons. The lowest BCUT2D eigenvalue weighted by molar-refractivity contribution is -0.121. The van der Waals surface area contributed by atoms with Crippen LogP contribution < -0.4 is 25.1 Å². The molecule has 0 unspecified atom stereocenters. The Morgan fingerprint density at radius 2 is 1.79 bits per heavy atom. The molecule has 0 saturated heterocycles. The zero-order valence-electron chi connectivity index (χ0n) is 16.2. The van der Waals surface area contributed by atoms with Gasteiger partial charge in [-0.1, -0.05) is 11.6 Å². The van der Waals surface area contributed by atoms with Crippen molar-refractivity contribution in [3.63, 3.8) is 0 Å². The van der Waals surface area contributed by atoms with Crippen molar-refractivity contribution in [2.24, 2.45) is 0 Å². The Morgan fingerprint density at radius 3 is 2.41 bits per heavy atom. The molecule has 9 heteroatoms. The maximum Gasteiger partial charge on any atom is 0.261 e. The molecule has 0 atom stereocenters. The van der Waals surface area contributed by atoms with Crippen LogP contribution >= 0.6 is 11.6 Å². The van der Waals surface area contributed by atoms with Gasteiger partial charge in [-0.2, -0.15) is 0 Å². The molecule has 152 valence electrons. The molecule has 2 aromatic carbocycles. The summed E-state index contributed by atoms with van der Waals surface area (Å²) in [5, 5.41) is 3.56. The second-order valence-electron chi connectivity index (χ2n) is 6.15. The summed E-state index contributed by atoms with van der Waals surface area (Å²) in [6, 6.07) is 8.34. The van der Waals surface area contributed by atoms with E-state index in [1.54, 1.807) is 24.3 Å². The molecule has 0 aliphatic heterocycles. The van der Waals surface area contributed by atoms with Crippen molar-refractivity contribution in [3.05, 3.63) is 57.6 Å². The molecule has 1 amide bonds. The minimum Gasteiger partial charge on any atom is -0.493 e. The van der Waals surface area contributed by atoms with Crippen molar-refractivity contribution in [2.45, 2.75) is 13.1 Å². The quantitative estimate of drug-likeness (QED) is 0.634. The molecule has 0 spiro atoms. The topological polar surface area (TPSA) is 91.7 Å². The lowest BCUT2D eigenvalue weighted by Gasteiger charge is -2.14. The number of nitrogens with one attached hydrogen (secondary N) is 1. The highest BCUT2D eigenvalue weighted by molar-refractivity contribution is 6.31. The summed E-state index contributed by atoms with van der Waals surface area (Å²) < 4.78 is 17.1. The van der Waals surface area contributed by atoms with E-state index >= 15 is 0 Å². The lowest BCUT2D eigenvalue weighted by Crippen LogP contribution is -2.32. The predicted molar refractivity (Wildman–Crippen MR) is 109 cm³/mol. The molecule has 3 rings (SSSR count). The van der Waals surface area contributed by atoms with Gasteiger partial charge in [0.25, 0.3) is 5.56 Å². The maximum atomic E-state index is 12.6. The minimum absolute atomic E-state index is 0.168. The number of fused-ring (bicyclic) bond motifs is 1. The molecule has 29 heavy (non-hydrogen) atoms. The van der Waals surface area contributed by atoms with E-state index < -0.39 is 0 Å². The Labute approximate surface area is 172 Å². The Bertz CT molecular complexity index is 1090. The van der Waals surface area contributed by atoms with Gasteiger partial charge >= 0.3 is 0 Å². The number of carbonyl (C=O) groups excluding carboxylic acids is 1. The number of nitrogens with zero attached hydrogens (tertiary/aromatic N) is 2. The van der Waals surface area contributed by atoms with E-state index in [0.29, 0.717) is 33.2 Å². The first kappa shape index (κ1) is 20.5. The van der Waals surface area contributed by atoms with Crippen molar-refractivity contribution in [1.29, 1.82) is 0 Å². The zero-order chi connectivity index (χ0) is 21.0. The second-order valence-corrected chi connectivity index (χ2v) is 6.59. The second kappa shape index (κ2) is 8.83. The van der Waals surface area contributed by atoms with Crippen molar-refractivity contribution < 1.29 is 19.0 Å². The summed E-state index contributed by atoms with van der Waals surface area (Å²) in [7, 11) is 4.56. The van der Waals surface area contributed by atoms with Gasteiger partial charge in [-0.25, -0.2) is 4.98 Å². The summed E-state index contributed by atoms with van der Waals surface area (Å²) >= 11 is 5.95. The van der Waals surface area contributed by atoms with Crippen LogP contribution in [-0.2, 0) is 17.9 Å². The summed E-state index contributed by atoms with van der Waals surface area (Å²) in [6.45, 7) is 0.0514. The number of halogens is 1. The van der Waals surface area contributed by atoms with E-state index in [-0.39, 0.29) is 24.6 Å². The van der Waals surface area contributed by atoms with Gasteiger partial charge in [-0.05, 0) is 35.9 Å². The van der Waals surface area contributed by atoms with Crippen LogP contribution in [0.1, 0.15) is 5.56 Å². The number of methoxy groups -OCH3 is 3. The van der Waals surface area contributed by atoms with E-state index in [1.807, 2.05) is 0 Å². The van der Waals surface area contributed by atoms with Crippen LogP contribution in [0, 0.1) is 0 Å². The molecular formula is C20H20ClN3O5. The van der Waals surface area contributed by atoms with Crippen LogP contribution in [-0.4, -0.2) is 36.8 Å². The van der Waals surface area contributed by atoms with Crippen LogP contribution in [0.15, 0.2) is 41.5 Å². The van der Waals surface area contributed by atoms with Gasteiger partial charge in [-0.3, -0.25) is 14.2 Å². The van der Waals surface area contributed by atoms with E-state index in [0.717, 1.165) is 5.56 Å². The first-order chi connectivity index (χ1) is 14.0. The summed E-state index contributed by atoms with van der Waals surface area (Å²) in [4.78, 5) is 29.1. The fourth-order valence-corrected chi connectivity index (χ4v) is 3.06. The first-order valence-electron chi connectivity index (χ1n) is 8.67. The normalized spacial score (nSPS) is 10.6. The highest BCUT2D eigenvalue weighted by Crippen LogP contribution is 2.38. The fourth-order valence-electron chi connectivity index (χ4n) is 2.89. The highest BCUT2D eigenvalue weighted by Gasteiger charge is 2.14. The van der Waals surface area contributed by atoms with Gasteiger partial charge in [-0.15, -0.1) is 0 Å². The predicted octanol–water partition coefficient (Wildman–Crippen LogP) is 2.39. The smallest absolute Gasteiger partial charge is 0.261 e.